The third-order valence-electron chi connectivity index (χ3n) is 2.64. The summed E-state index contributed by atoms with van der Waals surface area (Å²) < 4.78 is 15.8. The Morgan fingerprint density at radius 3 is 2.13 bits per heavy atom. The fourth-order valence-electron chi connectivity index (χ4n) is 1.83. The Morgan fingerprint density at radius 2 is 1.47 bits per heavy atom. The first-order chi connectivity index (χ1) is 7.20. The number of halogens is 1. The van der Waals surface area contributed by atoms with Gasteiger partial charge in [-0.2, -0.15) is 0 Å². The van der Waals surface area contributed by atoms with E-state index < -0.39 is 0 Å². The average molecular weight is 184 g/mol. The fraction of sp³-hybridized carbons (Fsp3) is 0. The Balaban J connectivity index is 2.69. The van der Waals surface area contributed by atoms with E-state index in [2.05, 4.69) is 0 Å². The first kappa shape index (κ1) is 11.1. The van der Waals surface area contributed by atoms with E-state index in [1.54, 1.807) is 6.07 Å². The summed E-state index contributed by atoms with van der Waals surface area (Å²) in [5, 5.41) is 0. The van der Waals surface area contributed by atoms with Gasteiger partial charge in [0.25, 0.3) is 0 Å². The standard InChI is InChI=1S/C12H7F.2Li/c13-12-9-5-4-8-11(12)10-6-2-1-3-7-10;;/h1-6,9H;;. The molecule has 0 unspecified atom stereocenters. The summed E-state index contributed by atoms with van der Waals surface area (Å²) in [5.74, 6) is -0.149. The van der Waals surface area contributed by atoms with E-state index >= 15 is 0 Å². The van der Waals surface area contributed by atoms with Crippen LogP contribution in [0.1, 0.15) is 0 Å². The predicted molar refractivity (Wildman–Crippen MR) is 62.6 cm³/mol. The van der Waals surface area contributed by atoms with Gasteiger partial charge in [0.2, 0.25) is 0 Å². The van der Waals surface area contributed by atoms with E-state index in [1.165, 1.54) is 6.07 Å². The molecule has 0 saturated carbocycles. The molecule has 0 spiro atoms. The molecule has 0 heterocycles. The van der Waals surface area contributed by atoms with Gasteiger partial charge in [-0.3, -0.25) is 0 Å². The molecule has 3 heteroatoms. The molecule has 0 aromatic heterocycles. The summed E-state index contributed by atoms with van der Waals surface area (Å²) in [6.45, 7) is 0. The second kappa shape index (κ2) is 4.61. The molecule has 0 N–H and O–H groups in total. The van der Waals surface area contributed by atoms with Crippen molar-refractivity contribution in [1.29, 1.82) is 0 Å². The third kappa shape index (κ3) is 2.22. The van der Waals surface area contributed by atoms with Gasteiger partial charge < -0.3 is 0 Å². The van der Waals surface area contributed by atoms with Crippen LogP contribution in [0.3, 0.4) is 0 Å². The van der Waals surface area contributed by atoms with Gasteiger partial charge in [0.1, 0.15) is 0 Å². The molecular weight excluding hydrogens is 177 g/mol. The van der Waals surface area contributed by atoms with Crippen LogP contribution in [0.2, 0.25) is 0 Å². The van der Waals surface area contributed by atoms with Crippen molar-refractivity contribution < 1.29 is 4.39 Å². The quantitative estimate of drug-likeness (QED) is 0.582. The van der Waals surface area contributed by atoms with Gasteiger partial charge in [-0.05, 0) is 0 Å². The Kier molecular flexibility index (Phi) is 3.40. The van der Waals surface area contributed by atoms with Gasteiger partial charge >= 0.3 is 108 Å². The molecule has 0 bridgehead atoms. The number of hydrogen-bond acceptors (Lipinski definition) is 0. The Labute approximate surface area is 107 Å². The van der Waals surface area contributed by atoms with Gasteiger partial charge in [-0.1, -0.05) is 0 Å². The zero-order valence-electron chi connectivity index (χ0n) is 8.92. The third-order valence-corrected chi connectivity index (χ3v) is 2.64. The summed E-state index contributed by atoms with van der Waals surface area (Å²) in [4.78, 5) is 0. The van der Waals surface area contributed by atoms with Gasteiger partial charge in [0, 0.05) is 0 Å². The maximum absolute atomic E-state index is 13.7. The van der Waals surface area contributed by atoms with Crippen molar-refractivity contribution in [2.45, 2.75) is 0 Å². The van der Waals surface area contributed by atoms with Gasteiger partial charge in [-0.25, -0.2) is 0 Å². The van der Waals surface area contributed by atoms with Crippen LogP contribution in [0.15, 0.2) is 42.5 Å². The van der Waals surface area contributed by atoms with Crippen LogP contribution in [0.25, 0.3) is 11.1 Å². The van der Waals surface area contributed by atoms with Crippen LogP contribution in [0, 0.1) is 5.82 Å². The van der Waals surface area contributed by atoms with E-state index in [1.807, 2.05) is 65.8 Å². The van der Waals surface area contributed by atoms with Crippen molar-refractivity contribution in [3.05, 3.63) is 48.3 Å². The van der Waals surface area contributed by atoms with Crippen LogP contribution < -0.4 is 8.47 Å². The molecule has 0 aliphatic heterocycles. The molecule has 2 rings (SSSR count). The van der Waals surface area contributed by atoms with Crippen molar-refractivity contribution in [2.24, 2.45) is 0 Å². The van der Waals surface area contributed by atoms with E-state index in [0.29, 0.717) is 0 Å². The Morgan fingerprint density at radius 1 is 0.800 bits per heavy atom. The molecule has 15 heavy (non-hydrogen) atoms. The minimum absolute atomic E-state index is 0.149. The monoisotopic (exact) mass is 184 g/mol. The van der Waals surface area contributed by atoms with E-state index in [0.717, 1.165) is 19.6 Å². The van der Waals surface area contributed by atoms with E-state index in [9.17, 15) is 4.39 Å². The van der Waals surface area contributed by atoms with Crippen molar-refractivity contribution in [1.82, 2.24) is 0 Å². The van der Waals surface area contributed by atoms with Gasteiger partial charge in [0.15, 0.2) is 0 Å². The SMILES string of the molecule is [Li][c]1ccccc1-c1[c]([Li])cccc1F. The minimum atomic E-state index is -0.149. The molecule has 2 aromatic carbocycles. The topological polar surface area (TPSA) is 0 Å². The van der Waals surface area contributed by atoms with Crippen LogP contribution in [-0.4, -0.2) is 35.4 Å². The normalized spacial score (nSPS) is 10.5. The fourth-order valence-corrected chi connectivity index (χ4v) is 1.83. The van der Waals surface area contributed by atoms with Crippen LogP contribution in [0.4, 0.5) is 4.39 Å². The molecule has 0 nitrogen and oxygen atoms in total. The summed E-state index contributed by atoms with van der Waals surface area (Å²) in [6, 6.07) is 13.1. The summed E-state index contributed by atoms with van der Waals surface area (Å²) >= 11 is 3.94. The second-order valence-electron chi connectivity index (χ2n) is 3.75. The molecule has 64 valence electrons. The first-order valence-corrected chi connectivity index (χ1v) is 5.01. The molecule has 0 fully saturated rings. The molecule has 0 atom stereocenters. The molecule has 0 aliphatic carbocycles. The average Bonchev–Trinajstić information content (AvgIpc) is 2.20. The number of benzene rings is 2. The molecule has 2 aromatic rings. The zero-order chi connectivity index (χ0) is 10.8. The van der Waals surface area contributed by atoms with Gasteiger partial charge in [0.05, 0.1) is 0 Å². The van der Waals surface area contributed by atoms with Crippen LogP contribution in [-0.2, 0) is 0 Å². The van der Waals surface area contributed by atoms with E-state index in [4.69, 9.17) is 0 Å². The molecular formula is C12H7FLi2. The van der Waals surface area contributed by atoms with Crippen molar-refractivity contribution in [2.75, 3.05) is 0 Å². The first-order valence-electron chi connectivity index (χ1n) is 5.01. The van der Waals surface area contributed by atoms with Gasteiger partial charge in [-0.15, -0.1) is 0 Å². The number of hydrogen-bond donors (Lipinski definition) is 0. The summed E-state index contributed by atoms with van der Waals surface area (Å²) in [5.41, 5.74) is 1.70. The van der Waals surface area contributed by atoms with Crippen molar-refractivity contribution in [3.8, 4) is 11.1 Å². The second-order valence-corrected chi connectivity index (χ2v) is 3.75. The Hall–Kier alpha value is -0.435. The summed E-state index contributed by atoms with van der Waals surface area (Å²) in [6.07, 6.45) is 0. The number of rotatable bonds is 1. The Bertz CT molecular complexity index is 474. The summed E-state index contributed by atoms with van der Waals surface area (Å²) in [7, 11) is 0. The molecule has 0 aliphatic rings. The van der Waals surface area contributed by atoms with Crippen molar-refractivity contribution in [3.63, 3.8) is 0 Å². The predicted octanol–water partition coefficient (Wildman–Crippen LogP) is 1.08. The maximum atomic E-state index is 13.7. The van der Waals surface area contributed by atoms with E-state index in [-0.39, 0.29) is 5.82 Å². The van der Waals surface area contributed by atoms with Crippen LogP contribution >= 0.6 is 0 Å². The molecule has 0 amide bonds. The molecule has 0 radical (unpaired) electrons. The van der Waals surface area contributed by atoms with Crippen molar-refractivity contribution >= 4 is 43.9 Å². The zero-order valence-corrected chi connectivity index (χ0v) is 8.92. The van der Waals surface area contributed by atoms with Crippen LogP contribution in [0.5, 0.6) is 0 Å². The molecule has 0 saturated heterocycles.